The normalized spacial score (nSPS) is 26.9. The lowest BCUT2D eigenvalue weighted by Gasteiger charge is -2.43. The quantitative estimate of drug-likeness (QED) is 0.736. The van der Waals surface area contributed by atoms with Crippen LogP contribution in [-0.4, -0.2) is 36.0 Å². The number of hydrogen-bond acceptors (Lipinski definition) is 7. The molecule has 0 fully saturated rings. The summed E-state index contributed by atoms with van der Waals surface area (Å²) < 4.78 is 28.7. The molecule has 4 aliphatic heterocycles. The Morgan fingerprint density at radius 2 is 1.83 bits per heavy atom. The Morgan fingerprint density at radius 3 is 2.66 bits per heavy atom. The molecule has 2 aromatic rings. The van der Waals surface area contributed by atoms with Gasteiger partial charge in [0, 0.05) is 11.6 Å². The molecular weight excluding hydrogens is 376 g/mol. The second-order valence-electron chi connectivity index (χ2n) is 8.11. The Hall–Kier alpha value is -3.19. The van der Waals surface area contributed by atoms with E-state index in [4.69, 9.17) is 23.7 Å². The number of benzene rings is 2. The average Bonchev–Trinajstić information content (AvgIpc) is 3.14. The highest BCUT2D eigenvalue weighted by Gasteiger charge is 2.56. The molecule has 1 N–H and O–H groups in total. The zero-order valence-electron chi connectivity index (χ0n) is 15.9. The van der Waals surface area contributed by atoms with Crippen molar-refractivity contribution in [3.05, 3.63) is 47.0 Å². The highest BCUT2D eigenvalue weighted by molar-refractivity contribution is 6.08. The van der Waals surface area contributed by atoms with Crippen molar-refractivity contribution in [1.29, 1.82) is 0 Å². The number of carbonyl (C=O) groups is 1. The monoisotopic (exact) mass is 394 g/mol. The van der Waals surface area contributed by atoms with Crippen molar-refractivity contribution in [1.82, 2.24) is 0 Å². The average molecular weight is 394 g/mol. The van der Waals surface area contributed by atoms with Gasteiger partial charge >= 0.3 is 0 Å². The Balaban J connectivity index is 1.51. The third-order valence-corrected chi connectivity index (χ3v) is 5.77. The number of hydrogen-bond donors (Lipinski definition) is 1. The summed E-state index contributed by atoms with van der Waals surface area (Å²) in [5.74, 6) is 1.97. The summed E-state index contributed by atoms with van der Waals surface area (Å²) >= 11 is 0. The van der Waals surface area contributed by atoms with Crippen LogP contribution in [0.3, 0.4) is 0 Å². The van der Waals surface area contributed by atoms with E-state index in [0.29, 0.717) is 45.4 Å². The molecule has 0 bridgehead atoms. The van der Waals surface area contributed by atoms with E-state index < -0.39 is 23.1 Å². The predicted molar refractivity (Wildman–Crippen MR) is 101 cm³/mol. The van der Waals surface area contributed by atoms with Gasteiger partial charge in [0.1, 0.15) is 29.5 Å². The van der Waals surface area contributed by atoms with E-state index >= 15 is 0 Å². The molecule has 0 aliphatic carbocycles. The molecule has 148 valence electrons. The van der Waals surface area contributed by atoms with E-state index in [9.17, 15) is 9.90 Å². The van der Waals surface area contributed by atoms with Crippen LogP contribution in [0.2, 0.25) is 0 Å². The van der Waals surface area contributed by atoms with Crippen LogP contribution in [0.15, 0.2) is 30.3 Å². The number of aliphatic hydroxyl groups is 1. The summed E-state index contributed by atoms with van der Waals surface area (Å²) in [4.78, 5) is 13.5. The van der Waals surface area contributed by atoms with Crippen LogP contribution >= 0.6 is 0 Å². The lowest BCUT2D eigenvalue weighted by molar-refractivity contribution is -0.0801. The molecule has 0 spiro atoms. The van der Waals surface area contributed by atoms with Crippen molar-refractivity contribution in [3.63, 3.8) is 0 Å². The molecule has 7 heteroatoms. The van der Waals surface area contributed by atoms with Crippen LogP contribution in [0.4, 0.5) is 0 Å². The van der Waals surface area contributed by atoms with Crippen molar-refractivity contribution < 1.29 is 33.6 Å². The highest BCUT2D eigenvalue weighted by atomic mass is 16.7. The van der Waals surface area contributed by atoms with Crippen LogP contribution in [0.5, 0.6) is 28.7 Å². The second-order valence-corrected chi connectivity index (χ2v) is 8.11. The van der Waals surface area contributed by atoms with Gasteiger partial charge in [-0.2, -0.15) is 0 Å². The van der Waals surface area contributed by atoms with Crippen LogP contribution in [-0.2, 0) is 5.60 Å². The predicted octanol–water partition coefficient (Wildman–Crippen LogP) is 2.82. The first-order valence-electron chi connectivity index (χ1n) is 9.43. The van der Waals surface area contributed by atoms with Gasteiger partial charge in [-0.3, -0.25) is 4.79 Å². The zero-order valence-corrected chi connectivity index (χ0v) is 15.9. The van der Waals surface area contributed by atoms with Gasteiger partial charge in [-0.05, 0) is 44.2 Å². The summed E-state index contributed by atoms with van der Waals surface area (Å²) in [6.45, 7) is 4.01. The van der Waals surface area contributed by atoms with Crippen molar-refractivity contribution in [2.24, 2.45) is 0 Å². The molecule has 4 heterocycles. The van der Waals surface area contributed by atoms with Crippen LogP contribution in [0.25, 0.3) is 6.08 Å². The molecule has 2 aromatic carbocycles. The molecule has 6 rings (SSSR count). The fraction of sp³-hybridized carbons (Fsp3) is 0.318. The third kappa shape index (κ3) is 2.13. The van der Waals surface area contributed by atoms with Gasteiger partial charge in [-0.15, -0.1) is 0 Å². The number of rotatable bonds is 0. The molecule has 7 nitrogen and oxygen atoms in total. The van der Waals surface area contributed by atoms with Crippen LogP contribution in [0, 0.1) is 0 Å². The van der Waals surface area contributed by atoms with Crippen LogP contribution < -0.4 is 23.7 Å². The Labute approximate surface area is 166 Å². The van der Waals surface area contributed by atoms with Crippen molar-refractivity contribution in [3.8, 4) is 28.7 Å². The maximum absolute atomic E-state index is 13.5. The molecule has 2 atom stereocenters. The number of fused-ring (bicyclic) bond motifs is 7. The van der Waals surface area contributed by atoms with Crippen molar-refractivity contribution >= 4 is 11.9 Å². The smallest absolute Gasteiger partial charge is 0.231 e. The van der Waals surface area contributed by atoms with Crippen LogP contribution in [0.1, 0.15) is 35.3 Å². The lowest BCUT2D eigenvalue weighted by atomic mass is 9.77. The first-order chi connectivity index (χ1) is 13.9. The van der Waals surface area contributed by atoms with Gasteiger partial charge in [-0.1, -0.05) is 0 Å². The molecule has 0 saturated heterocycles. The number of carbonyl (C=O) groups excluding carboxylic acids is 1. The number of ketones is 1. The standard InChI is InChI=1S/C22H18O7/c1-21(2)6-5-11-14(29-21)4-3-12-19(11)28-18-9-25-15-8-17-16(26-10-27-17)7-13(15)22(18,24)20(12)23/h3-8,18,24H,9-10H2,1-2H3/t18-,22+/m1/s1. The van der Waals surface area contributed by atoms with Gasteiger partial charge in [0.05, 0.1) is 11.1 Å². The summed E-state index contributed by atoms with van der Waals surface area (Å²) in [6.07, 6.45) is 2.91. The van der Waals surface area contributed by atoms with E-state index in [1.807, 2.05) is 26.0 Å². The van der Waals surface area contributed by atoms with E-state index in [2.05, 4.69) is 0 Å². The summed E-state index contributed by atoms with van der Waals surface area (Å²) in [5.41, 5.74) is -1.02. The van der Waals surface area contributed by atoms with E-state index in [0.717, 1.165) is 0 Å². The topological polar surface area (TPSA) is 83.5 Å². The molecule has 29 heavy (non-hydrogen) atoms. The summed E-state index contributed by atoms with van der Waals surface area (Å²) in [6, 6.07) is 6.62. The minimum absolute atomic E-state index is 0.0219. The maximum Gasteiger partial charge on any atom is 0.231 e. The van der Waals surface area contributed by atoms with Crippen molar-refractivity contribution in [2.75, 3.05) is 13.4 Å². The van der Waals surface area contributed by atoms with E-state index in [-0.39, 0.29) is 13.4 Å². The largest absolute Gasteiger partial charge is 0.489 e. The summed E-state index contributed by atoms with van der Waals surface area (Å²) in [7, 11) is 0. The first kappa shape index (κ1) is 16.7. The first-order valence-corrected chi connectivity index (χ1v) is 9.43. The number of ether oxygens (including phenoxy) is 5. The molecule has 0 aromatic heterocycles. The molecular formula is C22H18O7. The lowest BCUT2D eigenvalue weighted by Crippen LogP contribution is -2.57. The highest BCUT2D eigenvalue weighted by Crippen LogP contribution is 2.51. The fourth-order valence-corrected chi connectivity index (χ4v) is 4.27. The van der Waals surface area contributed by atoms with E-state index in [1.54, 1.807) is 24.3 Å². The Kier molecular flexibility index (Phi) is 3.02. The van der Waals surface area contributed by atoms with Crippen molar-refractivity contribution in [2.45, 2.75) is 31.2 Å². The molecule has 4 aliphatic rings. The van der Waals surface area contributed by atoms with Gasteiger partial charge < -0.3 is 28.8 Å². The SMILES string of the molecule is CC1(C)C=Cc2c(ccc3c2O[C@@H]2COc4cc5c(cc4[C@@]2(O)C3=O)OCO5)O1. The zero-order chi connectivity index (χ0) is 20.0. The fourth-order valence-electron chi connectivity index (χ4n) is 4.27. The Morgan fingerprint density at radius 1 is 1.03 bits per heavy atom. The van der Waals surface area contributed by atoms with Gasteiger partial charge in [-0.25, -0.2) is 0 Å². The van der Waals surface area contributed by atoms with E-state index in [1.165, 1.54) is 0 Å². The maximum atomic E-state index is 13.5. The molecule has 0 saturated carbocycles. The summed E-state index contributed by atoms with van der Waals surface area (Å²) in [5, 5.41) is 11.6. The molecule has 0 radical (unpaired) electrons. The molecule has 0 unspecified atom stereocenters. The van der Waals surface area contributed by atoms with Gasteiger partial charge in [0.25, 0.3) is 0 Å². The Bertz CT molecular complexity index is 1120. The third-order valence-electron chi connectivity index (χ3n) is 5.77. The van der Waals surface area contributed by atoms with Gasteiger partial charge in [0.2, 0.25) is 12.6 Å². The second kappa shape index (κ2) is 5.24. The molecule has 0 amide bonds. The van der Waals surface area contributed by atoms with Gasteiger partial charge in [0.15, 0.2) is 23.2 Å². The number of Topliss-reactive ketones (excluding diaryl/α,β-unsaturated/α-hetero) is 1. The minimum Gasteiger partial charge on any atom is -0.489 e. The minimum atomic E-state index is -1.88.